The molecular weight excluding hydrogens is 478 g/mol. The average molecular weight is 510 g/mol. The maximum absolute atomic E-state index is 13.1. The van der Waals surface area contributed by atoms with E-state index in [4.69, 9.17) is 14.5 Å². The summed E-state index contributed by atoms with van der Waals surface area (Å²) in [7, 11) is 6.62. The van der Waals surface area contributed by atoms with Gasteiger partial charge in [0.05, 0.1) is 31.5 Å². The average Bonchev–Trinajstić information content (AvgIpc) is 2.87. The van der Waals surface area contributed by atoms with Crippen LogP contribution in [0.2, 0.25) is 0 Å². The van der Waals surface area contributed by atoms with Crippen LogP contribution < -0.4 is 20.1 Å². The lowest BCUT2D eigenvalue weighted by molar-refractivity contribution is -0.125. The van der Waals surface area contributed by atoms with Gasteiger partial charge in [0, 0.05) is 56.0 Å². The molecule has 3 amide bonds. The standard InChI is InChI=1S/C26H31N5O4S/c1-16-22(24(32)30(2)3)23(31-11-6-12-36-26(31)27-16)17-7-9-18(10-8-17)28-25(33)29-19-13-20(34-4)15-21(14-19)35-5/h7-10,13-15,23H,6,11-12H2,1-5H3,(H2,28,29,33). The molecule has 2 aromatic carbocycles. The van der Waals surface area contributed by atoms with Crippen LogP contribution in [-0.4, -0.2) is 67.5 Å². The summed E-state index contributed by atoms with van der Waals surface area (Å²) in [4.78, 5) is 34.3. The van der Waals surface area contributed by atoms with Crippen LogP contribution in [0.25, 0.3) is 0 Å². The van der Waals surface area contributed by atoms with Gasteiger partial charge in [0.2, 0.25) is 0 Å². The molecule has 0 radical (unpaired) electrons. The number of urea groups is 1. The third kappa shape index (κ3) is 5.43. The molecule has 4 rings (SSSR count). The fraction of sp³-hybridized carbons (Fsp3) is 0.346. The normalized spacial score (nSPS) is 17.1. The van der Waals surface area contributed by atoms with Gasteiger partial charge in [-0.25, -0.2) is 9.79 Å². The fourth-order valence-electron chi connectivity index (χ4n) is 4.25. The number of carbonyl (C=O) groups is 2. The van der Waals surface area contributed by atoms with E-state index < -0.39 is 6.03 Å². The lowest BCUT2D eigenvalue weighted by Crippen LogP contribution is -2.43. The van der Waals surface area contributed by atoms with Crippen molar-refractivity contribution in [1.29, 1.82) is 0 Å². The summed E-state index contributed by atoms with van der Waals surface area (Å²) >= 11 is 1.72. The van der Waals surface area contributed by atoms with E-state index in [1.165, 1.54) is 0 Å². The highest BCUT2D eigenvalue weighted by Gasteiger charge is 2.37. The van der Waals surface area contributed by atoms with E-state index in [1.807, 2.05) is 31.2 Å². The zero-order valence-electron chi connectivity index (χ0n) is 21.1. The lowest BCUT2D eigenvalue weighted by Gasteiger charge is -2.41. The van der Waals surface area contributed by atoms with Crippen LogP contribution in [0, 0.1) is 0 Å². The number of methoxy groups -OCH3 is 2. The van der Waals surface area contributed by atoms with Crippen molar-refractivity contribution in [3.63, 3.8) is 0 Å². The molecule has 1 atom stereocenters. The van der Waals surface area contributed by atoms with Gasteiger partial charge in [0.15, 0.2) is 5.17 Å². The van der Waals surface area contributed by atoms with Crippen molar-refractivity contribution in [2.24, 2.45) is 4.99 Å². The minimum absolute atomic E-state index is 0.0498. The number of allylic oxidation sites excluding steroid dienone is 1. The first-order valence-electron chi connectivity index (χ1n) is 11.6. The number of ether oxygens (including phenoxy) is 2. The Morgan fingerprint density at radius 3 is 2.28 bits per heavy atom. The van der Waals surface area contributed by atoms with Crippen LogP contribution >= 0.6 is 11.8 Å². The smallest absolute Gasteiger partial charge is 0.323 e. The Bertz CT molecular complexity index is 1190. The molecule has 190 valence electrons. The van der Waals surface area contributed by atoms with Crippen molar-refractivity contribution in [1.82, 2.24) is 9.80 Å². The third-order valence-corrected chi connectivity index (χ3v) is 7.07. The highest BCUT2D eigenvalue weighted by molar-refractivity contribution is 8.13. The Balaban J connectivity index is 1.54. The molecule has 10 heteroatoms. The molecule has 9 nitrogen and oxygen atoms in total. The summed E-state index contributed by atoms with van der Waals surface area (Å²) in [5, 5.41) is 6.61. The zero-order valence-corrected chi connectivity index (χ0v) is 21.9. The number of carbonyl (C=O) groups excluding carboxylic acids is 2. The highest BCUT2D eigenvalue weighted by atomic mass is 32.2. The molecule has 2 heterocycles. The first kappa shape index (κ1) is 25.4. The minimum atomic E-state index is -0.392. The number of benzene rings is 2. The molecule has 2 aromatic rings. The number of hydrogen-bond donors (Lipinski definition) is 2. The van der Waals surface area contributed by atoms with Gasteiger partial charge in [-0.2, -0.15) is 0 Å². The van der Waals surface area contributed by atoms with Crippen molar-refractivity contribution in [3.8, 4) is 11.5 Å². The Morgan fingerprint density at radius 1 is 1.03 bits per heavy atom. The number of amidine groups is 1. The topological polar surface area (TPSA) is 95.5 Å². The van der Waals surface area contributed by atoms with E-state index in [2.05, 4.69) is 15.5 Å². The highest BCUT2D eigenvalue weighted by Crippen LogP contribution is 2.40. The number of thioether (sulfide) groups is 1. The van der Waals surface area contributed by atoms with E-state index in [0.29, 0.717) is 28.4 Å². The van der Waals surface area contributed by atoms with Gasteiger partial charge in [-0.3, -0.25) is 4.79 Å². The Hall–Kier alpha value is -3.66. The first-order chi connectivity index (χ1) is 17.3. The molecule has 0 spiro atoms. The predicted molar refractivity (Wildman–Crippen MR) is 144 cm³/mol. The number of nitrogens with zero attached hydrogens (tertiary/aromatic N) is 3. The molecule has 2 N–H and O–H groups in total. The van der Waals surface area contributed by atoms with Gasteiger partial charge in [0.25, 0.3) is 5.91 Å². The van der Waals surface area contributed by atoms with E-state index in [1.54, 1.807) is 63.2 Å². The van der Waals surface area contributed by atoms with Crippen molar-refractivity contribution in [3.05, 3.63) is 59.3 Å². The van der Waals surface area contributed by atoms with Crippen LogP contribution in [0.3, 0.4) is 0 Å². The second-order valence-electron chi connectivity index (χ2n) is 8.69. The van der Waals surface area contributed by atoms with E-state index >= 15 is 0 Å². The molecule has 1 fully saturated rings. The minimum Gasteiger partial charge on any atom is -0.497 e. The van der Waals surface area contributed by atoms with Gasteiger partial charge in [-0.15, -0.1) is 0 Å². The Labute approximate surface area is 215 Å². The largest absolute Gasteiger partial charge is 0.497 e. The van der Waals surface area contributed by atoms with Crippen LogP contribution in [0.15, 0.2) is 58.7 Å². The molecular formula is C26H31N5O4S. The summed E-state index contributed by atoms with van der Waals surface area (Å²) in [6, 6.07) is 12.1. The number of hydrogen-bond acceptors (Lipinski definition) is 7. The Morgan fingerprint density at radius 2 is 1.67 bits per heavy atom. The second-order valence-corrected chi connectivity index (χ2v) is 9.76. The quantitative estimate of drug-likeness (QED) is 0.593. The fourth-order valence-corrected chi connectivity index (χ4v) is 5.27. The summed E-state index contributed by atoms with van der Waals surface area (Å²) in [5.74, 6) is 2.12. The molecule has 1 unspecified atom stereocenters. The number of aliphatic imine (C=N–C) groups is 1. The molecule has 2 aliphatic rings. The monoisotopic (exact) mass is 509 g/mol. The van der Waals surface area contributed by atoms with Gasteiger partial charge in [0.1, 0.15) is 11.5 Å². The van der Waals surface area contributed by atoms with Gasteiger partial charge < -0.3 is 29.9 Å². The van der Waals surface area contributed by atoms with Crippen LogP contribution in [-0.2, 0) is 4.79 Å². The van der Waals surface area contributed by atoms with Crippen molar-refractivity contribution >= 4 is 40.2 Å². The molecule has 36 heavy (non-hydrogen) atoms. The van der Waals surface area contributed by atoms with Gasteiger partial charge in [-0.1, -0.05) is 23.9 Å². The van der Waals surface area contributed by atoms with Crippen LogP contribution in [0.1, 0.15) is 24.9 Å². The second kappa shape index (κ2) is 10.9. The van der Waals surface area contributed by atoms with Gasteiger partial charge >= 0.3 is 6.03 Å². The Kier molecular flexibility index (Phi) is 7.73. The first-order valence-corrected chi connectivity index (χ1v) is 12.6. The lowest BCUT2D eigenvalue weighted by atomic mass is 9.93. The third-order valence-electron chi connectivity index (χ3n) is 5.99. The zero-order chi connectivity index (χ0) is 25.8. The number of amides is 3. The van der Waals surface area contributed by atoms with Gasteiger partial charge in [-0.05, 0) is 31.0 Å². The van der Waals surface area contributed by atoms with Crippen molar-refractivity contribution in [2.75, 3.05) is 51.2 Å². The summed E-state index contributed by atoms with van der Waals surface area (Å²) in [6.07, 6.45) is 1.03. The summed E-state index contributed by atoms with van der Waals surface area (Å²) in [5.41, 5.74) is 3.57. The van der Waals surface area contributed by atoms with Crippen LogP contribution in [0.5, 0.6) is 11.5 Å². The summed E-state index contributed by atoms with van der Waals surface area (Å²) < 4.78 is 10.5. The maximum Gasteiger partial charge on any atom is 0.323 e. The van der Waals surface area contributed by atoms with E-state index in [0.717, 1.165) is 35.1 Å². The number of nitrogens with one attached hydrogen (secondary N) is 2. The molecule has 2 aliphatic heterocycles. The SMILES string of the molecule is COc1cc(NC(=O)Nc2ccc(C3C(C(=O)N(C)C)=C(C)N=C4SCCCN43)cc2)cc(OC)c1. The summed E-state index contributed by atoms with van der Waals surface area (Å²) in [6.45, 7) is 2.73. The predicted octanol–water partition coefficient (Wildman–Crippen LogP) is 4.56. The number of anilines is 2. The van der Waals surface area contributed by atoms with Crippen molar-refractivity contribution in [2.45, 2.75) is 19.4 Å². The van der Waals surface area contributed by atoms with E-state index in [9.17, 15) is 9.59 Å². The molecule has 0 aromatic heterocycles. The molecule has 1 saturated heterocycles. The van der Waals surface area contributed by atoms with E-state index in [-0.39, 0.29) is 11.9 Å². The molecule has 0 aliphatic carbocycles. The maximum atomic E-state index is 13.1. The molecule has 0 saturated carbocycles. The number of rotatable bonds is 6. The van der Waals surface area contributed by atoms with Crippen LogP contribution in [0.4, 0.5) is 16.2 Å². The molecule has 0 bridgehead atoms. The number of likely N-dealkylation sites (N-methyl/N-ethyl adjacent to an activating group) is 1. The number of fused-ring (bicyclic) bond motifs is 1. The van der Waals surface area contributed by atoms with Crippen molar-refractivity contribution < 1.29 is 19.1 Å².